The number of methoxy groups -OCH3 is 1. The Hall–Kier alpha value is -2.15. The maximum atomic E-state index is 12.2. The van der Waals surface area contributed by atoms with E-state index in [-0.39, 0.29) is 17.6 Å². The molecular formula is C16H19NO3. The van der Waals surface area contributed by atoms with Crippen LogP contribution in [0.3, 0.4) is 0 Å². The summed E-state index contributed by atoms with van der Waals surface area (Å²) in [7, 11) is 1.53. The fourth-order valence-corrected chi connectivity index (χ4v) is 1.82. The molecule has 0 unspecified atom stereocenters. The number of nitrogens with zero attached hydrogens (tertiary/aromatic N) is 1. The average Bonchev–Trinajstić information content (AvgIpc) is 2.37. The molecule has 0 aliphatic rings. The van der Waals surface area contributed by atoms with E-state index in [9.17, 15) is 9.59 Å². The van der Waals surface area contributed by atoms with Crippen molar-refractivity contribution in [3.63, 3.8) is 0 Å². The van der Waals surface area contributed by atoms with Crippen LogP contribution in [0.25, 0.3) is 0 Å². The van der Waals surface area contributed by atoms with Crippen LogP contribution < -0.4 is 4.74 Å². The number of benzene rings is 1. The Labute approximate surface area is 119 Å². The molecule has 4 nitrogen and oxygen atoms in total. The predicted octanol–water partition coefficient (Wildman–Crippen LogP) is 3.02. The van der Waals surface area contributed by atoms with Gasteiger partial charge in [-0.1, -0.05) is 20.8 Å². The summed E-state index contributed by atoms with van der Waals surface area (Å²) < 4.78 is 5.01. The van der Waals surface area contributed by atoms with Gasteiger partial charge in [0.1, 0.15) is 5.75 Å². The highest BCUT2D eigenvalue weighted by Gasteiger charge is 2.30. The van der Waals surface area contributed by atoms with Gasteiger partial charge in [-0.3, -0.25) is 9.59 Å². The van der Waals surface area contributed by atoms with Gasteiger partial charge in [0.15, 0.2) is 17.5 Å². The third kappa shape index (κ3) is 4.20. The summed E-state index contributed by atoms with van der Waals surface area (Å²) >= 11 is 0. The topological polar surface area (TPSA) is 67.2 Å². The van der Waals surface area contributed by atoms with Crippen molar-refractivity contribution >= 4 is 11.6 Å². The van der Waals surface area contributed by atoms with Crippen molar-refractivity contribution < 1.29 is 14.3 Å². The second-order valence-corrected chi connectivity index (χ2v) is 5.86. The molecule has 106 valence electrons. The Morgan fingerprint density at radius 2 is 1.80 bits per heavy atom. The van der Waals surface area contributed by atoms with Gasteiger partial charge in [-0.2, -0.15) is 5.26 Å². The van der Waals surface area contributed by atoms with Gasteiger partial charge >= 0.3 is 0 Å². The minimum absolute atomic E-state index is 0.202. The second kappa shape index (κ2) is 6.33. The number of carbonyl (C=O) groups is 2. The first kappa shape index (κ1) is 15.9. The number of ketones is 2. The monoisotopic (exact) mass is 273 g/mol. The van der Waals surface area contributed by atoms with E-state index >= 15 is 0 Å². The molecule has 0 heterocycles. The molecule has 1 aromatic carbocycles. The van der Waals surface area contributed by atoms with Gasteiger partial charge in [-0.25, -0.2) is 0 Å². The lowest BCUT2D eigenvalue weighted by Gasteiger charge is -2.18. The first-order valence-corrected chi connectivity index (χ1v) is 6.39. The molecule has 0 spiro atoms. The van der Waals surface area contributed by atoms with E-state index in [1.807, 2.05) is 26.8 Å². The Kier molecular flexibility index (Phi) is 5.04. The van der Waals surface area contributed by atoms with Crippen LogP contribution in [0.15, 0.2) is 24.3 Å². The highest BCUT2D eigenvalue weighted by Crippen LogP contribution is 2.23. The third-order valence-electron chi connectivity index (χ3n) is 2.79. The van der Waals surface area contributed by atoms with E-state index in [1.54, 1.807) is 24.3 Å². The van der Waals surface area contributed by atoms with Crippen molar-refractivity contribution in [1.29, 1.82) is 5.26 Å². The van der Waals surface area contributed by atoms with Crippen LogP contribution in [0.4, 0.5) is 0 Å². The largest absolute Gasteiger partial charge is 0.497 e. The Morgan fingerprint density at radius 1 is 1.25 bits per heavy atom. The minimum atomic E-state index is -1.23. The van der Waals surface area contributed by atoms with Crippen LogP contribution in [-0.2, 0) is 4.79 Å². The molecule has 4 heteroatoms. The van der Waals surface area contributed by atoms with Gasteiger partial charge < -0.3 is 4.74 Å². The highest BCUT2D eigenvalue weighted by atomic mass is 16.5. The SMILES string of the molecule is COc1ccc(C(=O)[C@@H](C#N)C(=O)CC(C)(C)C)cc1. The zero-order valence-corrected chi connectivity index (χ0v) is 12.3. The molecule has 1 aromatic rings. The van der Waals surface area contributed by atoms with Crippen LogP contribution in [0.2, 0.25) is 0 Å². The van der Waals surface area contributed by atoms with Gasteiger partial charge in [0.05, 0.1) is 13.2 Å². The second-order valence-electron chi connectivity index (χ2n) is 5.86. The lowest BCUT2D eigenvalue weighted by atomic mass is 9.83. The van der Waals surface area contributed by atoms with Crippen LogP contribution in [0.5, 0.6) is 5.75 Å². The van der Waals surface area contributed by atoms with Crippen molar-refractivity contribution in [2.75, 3.05) is 7.11 Å². The zero-order valence-electron chi connectivity index (χ0n) is 12.3. The smallest absolute Gasteiger partial charge is 0.187 e. The van der Waals surface area contributed by atoms with Crippen molar-refractivity contribution in [2.45, 2.75) is 27.2 Å². The summed E-state index contributed by atoms with van der Waals surface area (Å²) in [5, 5.41) is 9.11. The molecule has 1 atom stereocenters. The van der Waals surface area contributed by atoms with E-state index in [1.165, 1.54) is 7.11 Å². The molecule has 0 bridgehead atoms. The van der Waals surface area contributed by atoms with E-state index < -0.39 is 11.7 Å². The Morgan fingerprint density at radius 3 is 2.20 bits per heavy atom. The molecule has 0 N–H and O–H groups in total. The number of nitriles is 1. The summed E-state index contributed by atoms with van der Waals surface area (Å²) in [5.74, 6) is -1.40. The van der Waals surface area contributed by atoms with E-state index in [2.05, 4.69) is 0 Å². The maximum Gasteiger partial charge on any atom is 0.187 e. The molecule has 0 fully saturated rings. The van der Waals surface area contributed by atoms with E-state index in [4.69, 9.17) is 10.00 Å². The van der Waals surface area contributed by atoms with Crippen molar-refractivity contribution in [1.82, 2.24) is 0 Å². The molecule has 0 aliphatic carbocycles. The standard InChI is InChI=1S/C16H19NO3/c1-16(2,3)9-14(18)13(10-17)15(19)11-5-7-12(20-4)8-6-11/h5-8,13H,9H2,1-4H3/t13-/m0/s1. The van der Waals surface area contributed by atoms with Crippen LogP contribution in [-0.4, -0.2) is 18.7 Å². The molecule has 0 aliphatic heterocycles. The molecular weight excluding hydrogens is 254 g/mol. The van der Waals surface area contributed by atoms with Crippen molar-refractivity contribution in [2.24, 2.45) is 11.3 Å². The molecule has 1 rings (SSSR count). The van der Waals surface area contributed by atoms with Crippen molar-refractivity contribution in [3.8, 4) is 11.8 Å². The fourth-order valence-electron chi connectivity index (χ4n) is 1.82. The van der Waals surface area contributed by atoms with Crippen LogP contribution in [0.1, 0.15) is 37.6 Å². The van der Waals surface area contributed by atoms with Gasteiger partial charge in [-0.15, -0.1) is 0 Å². The normalized spacial score (nSPS) is 12.3. The average molecular weight is 273 g/mol. The van der Waals surface area contributed by atoms with E-state index in [0.717, 1.165) is 0 Å². The highest BCUT2D eigenvalue weighted by molar-refractivity contribution is 6.12. The lowest BCUT2D eigenvalue weighted by Crippen LogP contribution is -2.26. The first-order valence-electron chi connectivity index (χ1n) is 6.39. The molecule has 0 saturated carbocycles. The summed E-state index contributed by atoms with van der Waals surface area (Å²) in [6.07, 6.45) is 0.202. The number of hydrogen-bond acceptors (Lipinski definition) is 4. The molecule has 20 heavy (non-hydrogen) atoms. The van der Waals surface area contributed by atoms with Gasteiger partial charge in [0.2, 0.25) is 0 Å². The fraction of sp³-hybridized carbons (Fsp3) is 0.438. The molecule has 0 amide bonds. The summed E-state index contributed by atoms with van der Waals surface area (Å²) in [6, 6.07) is 8.22. The first-order chi connectivity index (χ1) is 9.28. The molecule has 0 aromatic heterocycles. The number of carbonyl (C=O) groups excluding carboxylic acids is 2. The van der Waals surface area contributed by atoms with E-state index in [0.29, 0.717) is 11.3 Å². The Balaban J connectivity index is 2.92. The molecule has 0 radical (unpaired) electrons. The third-order valence-corrected chi connectivity index (χ3v) is 2.79. The van der Waals surface area contributed by atoms with Gasteiger partial charge in [0, 0.05) is 12.0 Å². The summed E-state index contributed by atoms with van der Waals surface area (Å²) in [4.78, 5) is 24.3. The van der Waals surface area contributed by atoms with Gasteiger partial charge in [-0.05, 0) is 29.7 Å². The maximum absolute atomic E-state index is 12.2. The van der Waals surface area contributed by atoms with Crippen molar-refractivity contribution in [3.05, 3.63) is 29.8 Å². The van der Waals surface area contributed by atoms with Crippen LogP contribution in [0, 0.1) is 22.7 Å². The predicted molar refractivity (Wildman–Crippen MR) is 75.5 cm³/mol. The zero-order chi connectivity index (χ0) is 15.3. The number of hydrogen-bond donors (Lipinski definition) is 0. The quantitative estimate of drug-likeness (QED) is 0.611. The lowest BCUT2D eigenvalue weighted by molar-refractivity contribution is -0.121. The molecule has 0 saturated heterocycles. The number of rotatable bonds is 5. The minimum Gasteiger partial charge on any atom is -0.497 e. The summed E-state index contributed by atoms with van der Waals surface area (Å²) in [5.41, 5.74) is 0.103. The summed E-state index contributed by atoms with van der Waals surface area (Å²) in [6.45, 7) is 5.70. The number of Topliss-reactive ketones (excluding diaryl/α,β-unsaturated/α-hetero) is 2. The van der Waals surface area contributed by atoms with Crippen LogP contribution >= 0.6 is 0 Å². The Bertz CT molecular complexity index is 532. The number of ether oxygens (including phenoxy) is 1. The van der Waals surface area contributed by atoms with Gasteiger partial charge in [0.25, 0.3) is 0 Å².